The first-order valence-electron chi connectivity index (χ1n) is 20.3. The van der Waals surface area contributed by atoms with Gasteiger partial charge in [0.2, 0.25) is 0 Å². The summed E-state index contributed by atoms with van der Waals surface area (Å²) < 4.78 is 38.9. The number of carbonyl (C=O) groups is 1. The Morgan fingerprint density at radius 1 is 0.725 bits per heavy atom. The van der Waals surface area contributed by atoms with Crippen LogP contribution in [0, 0.1) is 0 Å². The lowest BCUT2D eigenvalue weighted by Gasteiger charge is -2.19. The minimum absolute atomic E-state index is 0.00263. The number of allylic oxidation sites excluding steroid dienone is 6. The van der Waals surface area contributed by atoms with Crippen molar-refractivity contribution in [1.29, 1.82) is 0 Å². The van der Waals surface area contributed by atoms with Crippen LogP contribution in [0.25, 0.3) is 0 Å². The molecule has 3 unspecified atom stereocenters. The summed E-state index contributed by atoms with van der Waals surface area (Å²) in [7, 11) is -4.31. The van der Waals surface area contributed by atoms with Crippen LogP contribution < -0.4 is 5.73 Å². The Morgan fingerprint density at radius 2 is 1.29 bits per heavy atom. The number of unbranched alkanes of at least 4 members (excludes halogenated alkanes) is 15. The van der Waals surface area contributed by atoms with Crippen molar-refractivity contribution in [2.24, 2.45) is 5.73 Å². The number of phosphoric ester groups is 1. The monoisotopic (exact) mass is 740 g/mol. The van der Waals surface area contributed by atoms with E-state index in [0.29, 0.717) is 6.42 Å². The number of nitrogens with two attached hydrogens (primary N) is 1. The van der Waals surface area contributed by atoms with Crippen molar-refractivity contribution < 1.29 is 37.5 Å². The maximum absolute atomic E-state index is 12.6. The van der Waals surface area contributed by atoms with Gasteiger partial charge in [-0.25, -0.2) is 4.57 Å². The summed E-state index contributed by atoms with van der Waals surface area (Å²) in [4.78, 5) is 22.5. The number of phosphoric acid groups is 1. The summed E-state index contributed by atoms with van der Waals surface area (Å²) in [5.41, 5.74) is 5.35. The number of hydrogen-bond donors (Lipinski definition) is 2. The topological polar surface area (TPSA) is 130 Å². The first-order chi connectivity index (χ1) is 24.9. The molecule has 1 fully saturated rings. The fourth-order valence-corrected chi connectivity index (χ4v) is 6.40. The van der Waals surface area contributed by atoms with Crippen molar-refractivity contribution in [1.82, 2.24) is 0 Å². The van der Waals surface area contributed by atoms with Crippen molar-refractivity contribution >= 4 is 13.8 Å². The van der Waals surface area contributed by atoms with Gasteiger partial charge in [0.05, 0.1) is 31.7 Å². The van der Waals surface area contributed by atoms with Crippen molar-refractivity contribution in [2.75, 3.05) is 26.4 Å². The van der Waals surface area contributed by atoms with Crippen LogP contribution in [-0.4, -0.2) is 55.5 Å². The molecule has 9 nitrogen and oxygen atoms in total. The molecule has 0 aromatic carbocycles. The zero-order chi connectivity index (χ0) is 37.1. The Labute approximate surface area is 311 Å². The summed E-state index contributed by atoms with van der Waals surface area (Å²) in [6.07, 6.45) is 42.4. The van der Waals surface area contributed by atoms with Gasteiger partial charge in [0.25, 0.3) is 0 Å². The highest BCUT2D eigenvalue weighted by atomic mass is 31.2. The van der Waals surface area contributed by atoms with Crippen molar-refractivity contribution in [2.45, 2.75) is 180 Å². The van der Waals surface area contributed by atoms with Gasteiger partial charge in [0, 0.05) is 13.0 Å². The molecule has 4 atom stereocenters. The van der Waals surface area contributed by atoms with E-state index in [1.54, 1.807) is 6.26 Å². The molecule has 0 aromatic rings. The molecule has 0 spiro atoms. The molecule has 296 valence electrons. The fourth-order valence-electron chi connectivity index (χ4n) is 5.64. The number of ether oxygens (including phenoxy) is 3. The standard InChI is InChI=1S/C41H74NO8P/c1-3-5-7-9-11-13-15-17-18-20-22-24-26-28-34-46-36-38(37-48-51(44,45)47-35-33-42)49-41(43)32-29-31-40-39(50-40)30-27-25-23-21-19-16-14-12-10-8-6-4-2/h12,14,19,21,25,27-28,34,38-40H,3-11,13,15-18,20,22-24,26,29-33,35-37,42H2,1-2H3,(H,44,45)/b14-12-,21-19-,27-25-,34-28+/t38-,39?,40?/m1/s1. The van der Waals surface area contributed by atoms with E-state index in [4.69, 9.17) is 29.0 Å². The van der Waals surface area contributed by atoms with E-state index in [2.05, 4.69) is 50.3 Å². The Balaban J connectivity index is 2.24. The van der Waals surface area contributed by atoms with Gasteiger partial charge in [0.15, 0.2) is 6.10 Å². The molecule has 1 aliphatic rings. The lowest BCUT2D eigenvalue weighted by Crippen LogP contribution is -2.28. The molecule has 0 radical (unpaired) electrons. The molecular formula is C41H74NO8P. The van der Waals surface area contributed by atoms with Gasteiger partial charge in [-0.15, -0.1) is 0 Å². The summed E-state index contributed by atoms with van der Waals surface area (Å²) in [5, 5.41) is 0. The first kappa shape index (κ1) is 47.3. The summed E-state index contributed by atoms with van der Waals surface area (Å²) in [6, 6.07) is 0. The van der Waals surface area contributed by atoms with Crippen LogP contribution >= 0.6 is 7.82 Å². The molecule has 51 heavy (non-hydrogen) atoms. The first-order valence-corrected chi connectivity index (χ1v) is 21.8. The van der Waals surface area contributed by atoms with E-state index in [9.17, 15) is 14.3 Å². The quantitative estimate of drug-likeness (QED) is 0.0160. The van der Waals surface area contributed by atoms with Gasteiger partial charge in [-0.05, 0) is 63.9 Å². The third-order valence-corrected chi connectivity index (χ3v) is 9.72. The van der Waals surface area contributed by atoms with Gasteiger partial charge >= 0.3 is 13.8 Å². The van der Waals surface area contributed by atoms with Crippen LogP contribution in [0.2, 0.25) is 0 Å². The maximum atomic E-state index is 12.6. The zero-order valence-corrected chi connectivity index (χ0v) is 33.2. The average molecular weight is 740 g/mol. The lowest BCUT2D eigenvalue weighted by molar-refractivity contribution is -0.153. The molecule has 0 amide bonds. The SMILES string of the molecule is CCCCC/C=C\C/C=C\C/C=C\CC1OC1CCCC(=O)O[C@H](CO/C=C/CCCCCCCCCCCCCC)COP(=O)(O)OCCN. The van der Waals surface area contributed by atoms with Gasteiger partial charge in [-0.2, -0.15) is 0 Å². The number of carbonyl (C=O) groups excluding carboxylic acids is 1. The van der Waals surface area contributed by atoms with Crippen LogP contribution in [0.5, 0.6) is 0 Å². The van der Waals surface area contributed by atoms with Crippen LogP contribution in [-0.2, 0) is 32.6 Å². The second kappa shape index (κ2) is 34.1. The number of epoxide rings is 1. The molecular weight excluding hydrogens is 665 g/mol. The molecule has 1 saturated heterocycles. The minimum Gasteiger partial charge on any atom is -0.498 e. The summed E-state index contributed by atoms with van der Waals surface area (Å²) in [6.45, 7) is 4.11. The summed E-state index contributed by atoms with van der Waals surface area (Å²) in [5.74, 6) is -0.414. The second-order valence-corrected chi connectivity index (χ2v) is 15.1. The maximum Gasteiger partial charge on any atom is 0.472 e. The smallest absolute Gasteiger partial charge is 0.472 e. The molecule has 1 rings (SSSR count). The third-order valence-electron chi connectivity index (χ3n) is 8.74. The predicted molar refractivity (Wildman–Crippen MR) is 209 cm³/mol. The molecule has 10 heteroatoms. The van der Waals surface area contributed by atoms with Gasteiger partial charge < -0.3 is 24.8 Å². The Kier molecular flexibility index (Phi) is 31.6. The van der Waals surface area contributed by atoms with Gasteiger partial charge in [0.1, 0.15) is 6.61 Å². The van der Waals surface area contributed by atoms with E-state index < -0.39 is 19.9 Å². The molecule has 1 aliphatic heterocycles. The van der Waals surface area contributed by atoms with Gasteiger partial charge in [-0.3, -0.25) is 13.8 Å². The van der Waals surface area contributed by atoms with Crippen LogP contribution in [0.1, 0.15) is 162 Å². The normalized spacial score (nSPS) is 18.0. The number of esters is 1. The fraction of sp³-hybridized carbons (Fsp3) is 0.780. The molecule has 3 N–H and O–H groups in total. The van der Waals surface area contributed by atoms with E-state index in [-0.39, 0.29) is 45.0 Å². The Morgan fingerprint density at radius 3 is 1.96 bits per heavy atom. The van der Waals surface area contributed by atoms with Crippen LogP contribution in [0.4, 0.5) is 0 Å². The highest BCUT2D eigenvalue weighted by Gasteiger charge is 2.36. The Bertz CT molecular complexity index is 985. The molecule has 0 aromatic heterocycles. The lowest BCUT2D eigenvalue weighted by atomic mass is 10.0. The Hall–Kier alpha value is -1.74. The zero-order valence-electron chi connectivity index (χ0n) is 32.3. The van der Waals surface area contributed by atoms with E-state index in [1.165, 1.54) is 96.3 Å². The molecule has 0 aliphatic carbocycles. The number of rotatable bonds is 37. The van der Waals surface area contributed by atoms with Crippen molar-refractivity contribution in [3.63, 3.8) is 0 Å². The van der Waals surface area contributed by atoms with Crippen molar-refractivity contribution in [3.8, 4) is 0 Å². The number of hydrogen-bond acceptors (Lipinski definition) is 8. The highest BCUT2D eigenvalue weighted by Crippen LogP contribution is 2.43. The van der Waals surface area contributed by atoms with Crippen LogP contribution in [0.3, 0.4) is 0 Å². The molecule has 0 saturated carbocycles. The highest BCUT2D eigenvalue weighted by molar-refractivity contribution is 7.47. The summed E-state index contributed by atoms with van der Waals surface area (Å²) >= 11 is 0. The molecule has 1 heterocycles. The van der Waals surface area contributed by atoms with E-state index in [0.717, 1.165) is 38.5 Å². The molecule has 0 bridgehead atoms. The van der Waals surface area contributed by atoms with E-state index in [1.807, 2.05) is 6.08 Å². The predicted octanol–water partition coefficient (Wildman–Crippen LogP) is 11.0. The minimum atomic E-state index is -4.31. The second-order valence-electron chi connectivity index (χ2n) is 13.6. The largest absolute Gasteiger partial charge is 0.498 e. The van der Waals surface area contributed by atoms with Crippen LogP contribution in [0.15, 0.2) is 48.8 Å². The third kappa shape index (κ3) is 31.5. The van der Waals surface area contributed by atoms with Crippen molar-refractivity contribution in [3.05, 3.63) is 48.8 Å². The van der Waals surface area contributed by atoms with Gasteiger partial charge in [-0.1, -0.05) is 134 Å². The average Bonchev–Trinajstić information content (AvgIpc) is 3.87. The van der Waals surface area contributed by atoms with E-state index >= 15 is 0 Å².